The SMILES string of the molecule is OCC12OC3(CO)C4C5CC(C6C5C3C61)C42. The second-order valence-corrected chi connectivity index (χ2v) is 7.15. The molecular weight excluding hydrogens is 204 g/mol. The Morgan fingerprint density at radius 1 is 0.875 bits per heavy atom. The van der Waals surface area contributed by atoms with Crippen LogP contribution in [0.4, 0.5) is 0 Å². The van der Waals surface area contributed by atoms with E-state index in [1.54, 1.807) is 0 Å². The first-order chi connectivity index (χ1) is 7.80. The fourth-order valence-electron chi connectivity index (χ4n) is 8.00. The maximum atomic E-state index is 9.84. The minimum absolute atomic E-state index is 0.198. The van der Waals surface area contributed by atoms with E-state index in [9.17, 15) is 10.2 Å². The molecule has 16 heavy (non-hydrogen) atoms. The highest BCUT2D eigenvalue weighted by molar-refractivity contribution is 5.43. The topological polar surface area (TPSA) is 49.7 Å². The standard InChI is InChI=1S/C13H16O3/c14-2-12-8-4-1-5-7-6(4)10(12)11(7)13(3-15,16-12)9(5)8/h4-11,14-15H,1-3H2. The van der Waals surface area contributed by atoms with Gasteiger partial charge in [-0.3, -0.25) is 0 Å². The van der Waals surface area contributed by atoms with Gasteiger partial charge in [-0.2, -0.15) is 0 Å². The lowest BCUT2D eigenvalue weighted by Gasteiger charge is -2.47. The molecule has 0 amide bonds. The summed E-state index contributed by atoms with van der Waals surface area (Å²) in [5, 5.41) is 19.7. The van der Waals surface area contributed by atoms with Gasteiger partial charge in [-0.05, 0) is 53.8 Å². The van der Waals surface area contributed by atoms with Gasteiger partial charge in [-0.1, -0.05) is 0 Å². The molecule has 2 heterocycles. The van der Waals surface area contributed by atoms with Gasteiger partial charge in [-0.15, -0.1) is 0 Å². The number of aliphatic hydroxyl groups is 2. The van der Waals surface area contributed by atoms with Crippen molar-refractivity contribution < 1.29 is 14.9 Å². The molecule has 0 aromatic carbocycles. The molecule has 0 aromatic rings. The van der Waals surface area contributed by atoms with Crippen molar-refractivity contribution in [2.24, 2.45) is 47.3 Å². The van der Waals surface area contributed by atoms with Gasteiger partial charge in [-0.25, -0.2) is 0 Å². The molecule has 0 radical (unpaired) electrons. The van der Waals surface area contributed by atoms with Crippen molar-refractivity contribution in [3.8, 4) is 0 Å². The molecule has 0 spiro atoms. The summed E-state index contributed by atoms with van der Waals surface area (Å²) in [6, 6.07) is 0. The zero-order valence-electron chi connectivity index (χ0n) is 9.04. The Hall–Kier alpha value is -0.120. The van der Waals surface area contributed by atoms with Crippen LogP contribution in [0.5, 0.6) is 0 Å². The van der Waals surface area contributed by atoms with Crippen LogP contribution in [-0.2, 0) is 4.74 Å². The average molecular weight is 220 g/mol. The normalized spacial score (nSPS) is 82.9. The fourth-order valence-corrected chi connectivity index (χ4v) is 8.00. The van der Waals surface area contributed by atoms with Gasteiger partial charge in [0, 0.05) is 0 Å². The van der Waals surface area contributed by atoms with Crippen molar-refractivity contribution in [3.63, 3.8) is 0 Å². The van der Waals surface area contributed by atoms with Crippen molar-refractivity contribution in [2.45, 2.75) is 17.6 Å². The van der Waals surface area contributed by atoms with Crippen molar-refractivity contribution in [3.05, 3.63) is 0 Å². The molecule has 3 nitrogen and oxygen atoms in total. The summed E-state index contributed by atoms with van der Waals surface area (Å²) in [5.41, 5.74) is -0.426. The van der Waals surface area contributed by atoms with Gasteiger partial charge < -0.3 is 14.9 Å². The lowest BCUT2D eigenvalue weighted by atomic mass is 9.55. The number of ether oxygens (including phenoxy) is 1. The maximum absolute atomic E-state index is 9.84. The van der Waals surface area contributed by atoms with E-state index in [1.807, 2.05) is 0 Å². The van der Waals surface area contributed by atoms with Gasteiger partial charge in [0.1, 0.15) is 0 Å². The molecule has 2 saturated heterocycles. The molecule has 2 aliphatic heterocycles. The summed E-state index contributed by atoms with van der Waals surface area (Å²) in [5.74, 6) is 5.80. The van der Waals surface area contributed by atoms with Crippen LogP contribution in [0.2, 0.25) is 0 Å². The zero-order valence-corrected chi connectivity index (χ0v) is 9.04. The van der Waals surface area contributed by atoms with Gasteiger partial charge in [0.05, 0.1) is 24.4 Å². The van der Waals surface area contributed by atoms with E-state index in [0.29, 0.717) is 23.7 Å². The van der Waals surface area contributed by atoms with Gasteiger partial charge in [0.15, 0.2) is 0 Å². The van der Waals surface area contributed by atoms with Gasteiger partial charge >= 0.3 is 0 Å². The van der Waals surface area contributed by atoms with E-state index >= 15 is 0 Å². The molecule has 10 atom stereocenters. The van der Waals surface area contributed by atoms with Crippen molar-refractivity contribution >= 4 is 0 Å². The van der Waals surface area contributed by atoms with Crippen LogP contribution < -0.4 is 0 Å². The minimum Gasteiger partial charge on any atom is -0.393 e. The van der Waals surface area contributed by atoms with Crippen LogP contribution in [0, 0.1) is 47.3 Å². The van der Waals surface area contributed by atoms with E-state index in [-0.39, 0.29) is 24.4 Å². The van der Waals surface area contributed by atoms with Crippen molar-refractivity contribution in [1.82, 2.24) is 0 Å². The molecule has 2 N–H and O–H groups in total. The Morgan fingerprint density at radius 2 is 1.38 bits per heavy atom. The number of hydrogen-bond donors (Lipinski definition) is 2. The Labute approximate surface area is 93.8 Å². The maximum Gasteiger partial charge on any atom is 0.0990 e. The highest BCUT2D eigenvalue weighted by Crippen LogP contribution is 2.92. The van der Waals surface area contributed by atoms with E-state index in [1.165, 1.54) is 6.42 Å². The fraction of sp³-hybridized carbons (Fsp3) is 1.00. The van der Waals surface area contributed by atoms with E-state index < -0.39 is 0 Å². The smallest absolute Gasteiger partial charge is 0.0990 e. The molecule has 7 aliphatic rings. The molecule has 7 rings (SSSR count). The highest BCUT2D eigenvalue weighted by Gasteiger charge is 2.96. The Kier molecular flexibility index (Phi) is 0.909. The Bertz CT molecular complexity index is 395. The lowest BCUT2D eigenvalue weighted by Crippen LogP contribution is -2.53. The van der Waals surface area contributed by atoms with Crippen LogP contribution in [-0.4, -0.2) is 34.6 Å². The molecule has 4 bridgehead atoms. The highest BCUT2D eigenvalue weighted by atomic mass is 16.6. The van der Waals surface area contributed by atoms with Crippen LogP contribution in [0.15, 0.2) is 0 Å². The predicted molar refractivity (Wildman–Crippen MR) is 53.3 cm³/mol. The Morgan fingerprint density at radius 3 is 1.81 bits per heavy atom. The van der Waals surface area contributed by atoms with E-state index in [0.717, 1.165) is 23.7 Å². The first kappa shape index (κ1) is 8.06. The van der Waals surface area contributed by atoms with Crippen molar-refractivity contribution in [2.75, 3.05) is 13.2 Å². The molecule has 0 aromatic heterocycles. The lowest BCUT2D eigenvalue weighted by molar-refractivity contribution is -0.113. The third-order valence-corrected chi connectivity index (χ3v) is 7.63. The zero-order chi connectivity index (χ0) is 10.4. The van der Waals surface area contributed by atoms with Crippen LogP contribution in [0.1, 0.15) is 6.42 Å². The largest absolute Gasteiger partial charge is 0.393 e. The third kappa shape index (κ3) is 0.400. The average Bonchev–Trinajstić information content (AvgIpc) is 2.86. The first-order valence-corrected chi connectivity index (χ1v) is 6.72. The summed E-state index contributed by atoms with van der Waals surface area (Å²) < 4.78 is 6.34. The van der Waals surface area contributed by atoms with Crippen LogP contribution in [0.3, 0.4) is 0 Å². The van der Waals surface area contributed by atoms with Crippen LogP contribution >= 0.6 is 0 Å². The molecule has 86 valence electrons. The summed E-state index contributed by atoms with van der Waals surface area (Å²) in [6.45, 7) is 0.396. The van der Waals surface area contributed by atoms with E-state index in [4.69, 9.17) is 4.74 Å². The first-order valence-electron chi connectivity index (χ1n) is 6.72. The monoisotopic (exact) mass is 220 g/mol. The molecule has 7 fully saturated rings. The molecule has 5 saturated carbocycles. The predicted octanol–water partition coefficient (Wildman–Crippen LogP) is -0.134. The van der Waals surface area contributed by atoms with Crippen molar-refractivity contribution in [1.29, 1.82) is 0 Å². The quantitative estimate of drug-likeness (QED) is 0.681. The van der Waals surface area contributed by atoms with E-state index in [2.05, 4.69) is 0 Å². The summed E-state index contributed by atoms with van der Waals surface area (Å²) in [4.78, 5) is 0. The molecule has 3 heteroatoms. The number of aliphatic hydroxyl groups excluding tert-OH is 2. The molecule has 5 aliphatic carbocycles. The second kappa shape index (κ2) is 1.80. The van der Waals surface area contributed by atoms with Gasteiger partial charge in [0.2, 0.25) is 0 Å². The summed E-state index contributed by atoms with van der Waals surface area (Å²) >= 11 is 0. The molecular formula is C13H16O3. The number of rotatable bonds is 2. The Balaban J connectivity index is 1.72. The second-order valence-electron chi connectivity index (χ2n) is 7.15. The molecule has 10 unspecified atom stereocenters. The minimum atomic E-state index is -0.213. The third-order valence-electron chi connectivity index (χ3n) is 7.63. The summed E-state index contributed by atoms with van der Waals surface area (Å²) in [7, 11) is 0. The van der Waals surface area contributed by atoms with Gasteiger partial charge in [0.25, 0.3) is 0 Å². The summed E-state index contributed by atoms with van der Waals surface area (Å²) in [6.07, 6.45) is 1.38. The number of hydrogen-bond acceptors (Lipinski definition) is 3. The van der Waals surface area contributed by atoms with Crippen LogP contribution in [0.25, 0.3) is 0 Å².